The van der Waals surface area contributed by atoms with E-state index in [1.165, 1.54) is 4.90 Å². The van der Waals surface area contributed by atoms with Crippen molar-refractivity contribution < 1.29 is 14.3 Å². The fourth-order valence-electron chi connectivity index (χ4n) is 2.36. The largest absolute Gasteiger partial charge is 0.494 e. The molecule has 0 aliphatic carbocycles. The summed E-state index contributed by atoms with van der Waals surface area (Å²) in [5, 5.41) is 0. The highest BCUT2D eigenvalue weighted by Crippen LogP contribution is 2.30. The van der Waals surface area contributed by atoms with Crippen LogP contribution in [-0.4, -0.2) is 18.4 Å². The van der Waals surface area contributed by atoms with Gasteiger partial charge in [-0.05, 0) is 49.2 Å². The molecule has 0 saturated heterocycles. The van der Waals surface area contributed by atoms with Crippen molar-refractivity contribution in [3.63, 3.8) is 0 Å². The van der Waals surface area contributed by atoms with E-state index in [0.717, 1.165) is 12.0 Å². The average molecular weight is 312 g/mol. The van der Waals surface area contributed by atoms with Crippen molar-refractivity contribution in [2.24, 2.45) is 5.73 Å². The molecule has 2 N–H and O–H groups in total. The summed E-state index contributed by atoms with van der Waals surface area (Å²) in [5.41, 5.74) is 7.40. The minimum atomic E-state index is -0.996. The maximum absolute atomic E-state index is 12.3. The molecule has 0 aliphatic rings. The molecule has 0 fully saturated rings. The highest BCUT2D eigenvalue weighted by molar-refractivity contribution is 6.41. The molecule has 2 aromatic carbocycles. The number of carbonyl (C=O) groups is 2. The fraction of sp³-hybridized carbons (Fsp3) is 0.222. The molecule has 0 unspecified atom stereocenters. The van der Waals surface area contributed by atoms with Crippen LogP contribution in [-0.2, 0) is 16.0 Å². The molecule has 0 heterocycles. The fourth-order valence-corrected chi connectivity index (χ4v) is 2.36. The van der Waals surface area contributed by atoms with Crippen molar-refractivity contribution in [1.82, 2.24) is 0 Å². The van der Waals surface area contributed by atoms with Crippen molar-refractivity contribution >= 4 is 23.2 Å². The van der Waals surface area contributed by atoms with E-state index < -0.39 is 11.8 Å². The molecule has 0 radical (unpaired) electrons. The van der Waals surface area contributed by atoms with Crippen LogP contribution in [0.2, 0.25) is 0 Å². The molecule has 120 valence electrons. The van der Waals surface area contributed by atoms with Crippen LogP contribution in [0.1, 0.15) is 19.4 Å². The molecule has 2 amide bonds. The predicted molar refractivity (Wildman–Crippen MR) is 89.8 cm³/mol. The summed E-state index contributed by atoms with van der Waals surface area (Å²) in [5.74, 6) is -1.06. The maximum atomic E-state index is 12.3. The lowest BCUT2D eigenvalue weighted by Crippen LogP contribution is -2.37. The summed E-state index contributed by atoms with van der Waals surface area (Å²) in [6, 6.07) is 14.4. The number of hydrogen-bond acceptors (Lipinski definition) is 3. The van der Waals surface area contributed by atoms with Gasteiger partial charge in [-0.3, -0.25) is 14.5 Å². The SMILES string of the molecule is CCOc1ccc(N(C(=O)C(N)=O)c2ccccc2CC)cc1. The van der Waals surface area contributed by atoms with Gasteiger partial charge in [0, 0.05) is 5.69 Å². The number of primary amides is 1. The minimum absolute atomic E-state index is 0.557. The van der Waals surface area contributed by atoms with E-state index in [4.69, 9.17) is 10.5 Å². The van der Waals surface area contributed by atoms with Gasteiger partial charge < -0.3 is 10.5 Å². The van der Waals surface area contributed by atoms with Crippen LogP contribution in [0.5, 0.6) is 5.75 Å². The normalized spacial score (nSPS) is 10.2. The first-order chi connectivity index (χ1) is 11.1. The van der Waals surface area contributed by atoms with Gasteiger partial charge in [-0.2, -0.15) is 0 Å². The highest BCUT2D eigenvalue weighted by atomic mass is 16.5. The number of aryl methyl sites for hydroxylation is 1. The molecule has 0 atom stereocenters. The van der Waals surface area contributed by atoms with Gasteiger partial charge in [0.15, 0.2) is 0 Å². The van der Waals surface area contributed by atoms with E-state index in [1.807, 2.05) is 32.0 Å². The molecule has 0 spiro atoms. The first-order valence-corrected chi connectivity index (χ1v) is 7.53. The number of rotatable bonds is 5. The van der Waals surface area contributed by atoms with Crippen LogP contribution >= 0.6 is 0 Å². The van der Waals surface area contributed by atoms with Gasteiger partial charge >= 0.3 is 11.8 Å². The monoisotopic (exact) mass is 312 g/mol. The Morgan fingerprint density at radius 1 is 1.04 bits per heavy atom. The number of nitrogens with two attached hydrogens (primary N) is 1. The van der Waals surface area contributed by atoms with Crippen molar-refractivity contribution in [3.8, 4) is 5.75 Å². The lowest BCUT2D eigenvalue weighted by atomic mass is 10.1. The first kappa shape index (κ1) is 16.5. The Kier molecular flexibility index (Phi) is 5.36. The molecule has 0 saturated carbocycles. The molecular formula is C18H20N2O3. The number of carbonyl (C=O) groups excluding carboxylic acids is 2. The summed E-state index contributed by atoms with van der Waals surface area (Å²) in [6.45, 7) is 4.44. The molecule has 2 rings (SSSR count). The Morgan fingerprint density at radius 3 is 2.26 bits per heavy atom. The summed E-state index contributed by atoms with van der Waals surface area (Å²) in [7, 11) is 0. The molecule has 23 heavy (non-hydrogen) atoms. The maximum Gasteiger partial charge on any atom is 0.320 e. The van der Waals surface area contributed by atoms with Crippen molar-refractivity contribution in [2.45, 2.75) is 20.3 Å². The van der Waals surface area contributed by atoms with Crippen LogP contribution in [0.3, 0.4) is 0 Å². The number of amides is 2. The number of benzene rings is 2. The molecular weight excluding hydrogens is 292 g/mol. The van der Waals surface area contributed by atoms with Crippen LogP contribution < -0.4 is 15.4 Å². The van der Waals surface area contributed by atoms with Crippen molar-refractivity contribution in [3.05, 3.63) is 54.1 Å². The Bertz CT molecular complexity index is 696. The number of anilines is 2. The highest BCUT2D eigenvalue weighted by Gasteiger charge is 2.24. The summed E-state index contributed by atoms with van der Waals surface area (Å²) >= 11 is 0. The van der Waals surface area contributed by atoms with Gasteiger partial charge in [-0.1, -0.05) is 25.1 Å². The number of nitrogens with zero attached hydrogens (tertiary/aromatic N) is 1. The van der Waals surface area contributed by atoms with Gasteiger partial charge in [0.05, 0.1) is 12.3 Å². The topological polar surface area (TPSA) is 72.6 Å². The molecule has 5 heteroatoms. The number of ether oxygens (including phenoxy) is 1. The molecule has 0 aliphatic heterocycles. The third-order valence-electron chi connectivity index (χ3n) is 3.43. The van der Waals surface area contributed by atoms with Gasteiger partial charge in [0.1, 0.15) is 5.75 Å². The lowest BCUT2D eigenvalue weighted by molar-refractivity contribution is -0.135. The van der Waals surface area contributed by atoms with Crippen LogP contribution in [0.25, 0.3) is 0 Å². The second-order valence-electron chi connectivity index (χ2n) is 4.91. The number of para-hydroxylation sites is 1. The van der Waals surface area contributed by atoms with E-state index in [-0.39, 0.29) is 0 Å². The van der Waals surface area contributed by atoms with Gasteiger partial charge in [-0.15, -0.1) is 0 Å². The smallest absolute Gasteiger partial charge is 0.320 e. The molecule has 5 nitrogen and oxygen atoms in total. The Hall–Kier alpha value is -2.82. The third kappa shape index (κ3) is 3.69. The van der Waals surface area contributed by atoms with E-state index >= 15 is 0 Å². The third-order valence-corrected chi connectivity index (χ3v) is 3.43. The molecule has 0 aromatic heterocycles. The standard InChI is InChI=1S/C18H20N2O3/c1-3-13-7-5-6-8-16(13)20(18(22)17(19)21)14-9-11-15(12-10-14)23-4-2/h5-12H,3-4H2,1-2H3,(H2,19,21). The average Bonchev–Trinajstić information content (AvgIpc) is 2.57. The van der Waals surface area contributed by atoms with Crippen LogP contribution in [0.15, 0.2) is 48.5 Å². The van der Waals surface area contributed by atoms with E-state index in [9.17, 15) is 9.59 Å². The van der Waals surface area contributed by atoms with E-state index in [1.54, 1.807) is 30.3 Å². The first-order valence-electron chi connectivity index (χ1n) is 7.53. The second kappa shape index (κ2) is 7.45. The summed E-state index contributed by atoms with van der Waals surface area (Å²) in [6.07, 6.45) is 0.732. The van der Waals surface area contributed by atoms with Gasteiger partial charge in [-0.25, -0.2) is 0 Å². The second-order valence-corrected chi connectivity index (χ2v) is 4.91. The van der Waals surface area contributed by atoms with E-state index in [2.05, 4.69) is 0 Å². The predicted octanol–water partition coefficient (Wildman–Crippen LogP) is 2.80. The van der Waals surface area contributed by atoms with Gasteiger partial charge in [0.25, 0.3) is 0 Å². The van der Waals surface area contributed by atoms with Crippen molar-refractivity contribution in [1.29, 1.82) is 0 Å². The lowest BCUT2D eigenvalue weighted by Gasteiger charge is -2.24. The quantitative estimate of drug-likeness (QED) is 0.863. The van der Waals surface area contributed by atoms with Crippen LogP contribution in [0, 0.1) is 0 Å². The van der Waals surface area contributed by atoms with E-state index in [0.29, 0.717) is 23.7 Å². The zero-order valence-electron chi connectivity index (χ0n) is 13.3. The molecule has 0 bridgehead atoms. The zero-order chi connectivity index (χ0) is 16.8. The van der Waals surface area contributed by atoms with Crippen molar-refractivity contribution in [2.75, 3.05) is 11.5 Å². The zero-order valence-corrected chi connectivity index (χ0v) is 13.3. The Labute approximate surface area is 135 Å². The van der Waals surface area contributed by atoms with Gasteiger partial charge in [0.2, 0.25) is 0 Å². The summed E-state index contributed by atoms with van der Waals surface area (Å²) in [4.78, 5) is 25.1. The minimum Gasteiger partial charge on any atom is -0.494 e. The Balaban J connectivity index is 2.50. The number of hydrogen-bond donors (Lipinski definition) is 1. The Morgan fingerprint density at radius 2 is 1.70 bits per heavy atom. The summed E-state index contributed by atoms with van der Waals surface area (Å²) < 4.78 is 5.40. The van der Waals surface area contributed by atoms with Crippen LogP contribution in [0.4, 0.5) is 11.4 Å². The molecule has 2 aromatic rings.